The third-order valence-corrected chi connectivity index (χ3v) is 2.51. The Bertz CT molecular complexity index is 436. The molecule has 0 saturated carbocycles. The first-order valence-corrected chi connectivity index (χ1v) is 5.40. The van der Waals surface area contributed by atoms with E-state index in [0.717, 1.165) is 11.0 Å². The van der Waals surface area contributed by atoms with Crippen molar-refractivity contribution in [1.82, 2.24) is 4.98 Å². The van der Waals surface area contributed by atoms with E-state index in [4.69, 9.17) is 0 Å². The van der Waals surface area contributed by atoms with Crippen molar-refractivity contribution in [2.45, 2.75) is 13.8 Å². The zero-order valence-electron chi connectivity index (χ0n) is 8.89. The lowest BCUT2D eigenvalue weighted by Crippen LogP contribution is -2.09. The highest BCUT2D eigenvalue weighted by atomic mass is 32.1. The SMILES string of the molecule is CCOC(=O)C(O)=CC(=O)c1ncc(C)s1. The molecule has 0 atom stereocenters. The topological polar surface area (TPSA) is 76.5 Å². The van der Waals surface area contributed by atoms with Gasteiger partial charge in [-0.25, -0.2) is 9.78 Å². The van der Waals surface area contributed by atoms with Crippen molar-refractivity contribution in [2.75, 3.05) is 6.61 Å². The monoisotopic (exact) mass is 241 g/mol. The van der Waals surface area contributed by atoms with E-state index in [0.29, 0.717) is 0 Å². The van der Waals surface area contributed by atoms with Gasteiger partial charge in [0.1, 0.15) is 0 Å². The van der Waals surface area contributed by atoms with Crippen LogP contribution in [0.5, 0.6) is 0 Å². The smallest absolute Gasteiger partial charge is 0.373 e. The molecule has 0 saturated heterocycles. The van der Waals surface area contributed by atoms with Crippen LogP contribution in [-0.4, -0.2) is 28.4 Å². The lowest BCUT2D eigenvalue weighted by atomic mass is 10.3. The molecule has 0 aliphatic carbocycles. The van der Waals surface area contributed by atoms with Crippen LogP contribution in [0.2, 0.25) is 0 Å². The molecule has 0 fully saturated rings. The van der Waals surface area contributed by atoms with Crippen LogP contribution in [-0.2, 0) is 9.53 Å². The minimum atomic E-state index is -0.913. The molecular weight excluding hydrogens is 230 g/mol. The molecule has 1 rings (SSSR count). The minimum Gasteiger partial charge on any atom is -0.502 e. The molecule has 1 heterocycles. The Hall–Kier alpha value is -1.69. The van der Waals surface area contributed by atoms with E-state index in [2.05, 4.69) is 9.72 Å². The molecule has 1 aromatic heterocycles. The number of carbonyl (C=O) groups excluding carboxylic acids is 2. The van der Waals surface area contributed by atoms with Gasteiger partial charge >= 0.3 is 5.97 Å². The zero-order chi connectivity index (χ0) is 12.1. The van der Waals surface area contributed by atoms with Gasteiger partial charge in [-0.15, -0.1) is 11.3 Å². The highest BCUT2D eigenvalue weighted by Crippen LogP contribution is 2.12. The fraction of sp³-hybridized carbons (Fsp3) is 0.300. The number of allylic oxidation sites excluding steroid dienone is 1. The van der Waals surface area contributed by atoms with Crippen molar-refractivity contribution in [3.8, 4) is 0 Å². The summed E-state index contributed by atoms with van der Waals surface area (Å²) in [6, 6.07) is 0. The third-order valence-electron chi connectivity index (χ3n) is 1.58. The highest BCUT2D eigenvalue weighted by molar-refractivity contribution is 7.13. The van der Waals surface area contributed by atoms with Gasteiger partial charge in [-0.05, 0) is 13.8 Å². The predicted octanol–water partition coefficient (Wildman–Crippen LogP) is 1.64. The van der Waals surface area contributed by atoms with Gasteiger partial charge in [0.15, 0.2) is 5.01 Å². The molecule has 0 aromatic carbocycles. The number of hydrogen-bond acceptors (Lipinski definition) is 6. The van der Waals surface area contributed by atoms with Crippen molar-refractivity contribution in [3.05, 3.63) is 27.9 Å². The maximum atomic E-state index is 11.5. The first-order valence-electron chi connectivity index (χ1n) is 4.59. The van der Waals surface area contributed by atoms with Crippen molar-refractivity contribution in [1.29, 1.82) is 0 Å². The molecule has 0 unspecified atom stereocenters. The number of thiazole rings is 1. The van der Waals surface area contributed by atoms with Crippen LogP contribution in [0.15, 0.2) is 18.0 Å². The van der Waals surface area contributed by atoms with Crippen LogP contribution >= 0.6 is 11.3 Å². The molecule has 0 radical (unpaired) electrons. The second-order valence-corrected chi connectivity index (χ2v) is 4.13. The van der Waals surface area contributed by atoms with Gasteiger partial charge in [0.25, 0.3) is 0 Å². The molecule has 0 spiro atoms. The summed E-state index contributed by atoms with van der Waals surface area (Å²) in [4.78, 5) is 27.2. The number of carbonyl (C=O) groups is 2. The number of nitrogens with zero attached hydrogens (tertiary/aromatic N) is 1. The first kappa shape index (κ1) is 12.4. The Labute approximate surface area is 96.4 Å². The van der Waals surface area contributed by atoms with Crippen LogP contribution in [0, 0.1) is 6.92 Å². The summed E-state index contributed by atoms with van der Waals surface area (Å²) >= 11 is 1.19. The van der Waals surface area contributed by atoms with Crippen molar-refractivity contribution < 1.29 is 19.4 Å². The summed E-state index contributed by atoms with van der Waals surface area (Å²) in [6.45, 7) is 3.56. The van der Waals surface area contributed by atoms with Gasteiger partial charge in [-0.1, -0.05) is 0 Å². The lowest BCUT2D eigenvalue weighted by molar-refractivity contribution is -0.141. The molecule has 0 aliphatic heterocycles. The van der Waals surface area contributed by atoms with E-state index in [1.54, 1.807) is 13.1 Å². The maximum Gasteiger partial charge on any atom is 0.373 e. The number of aliphatic hydroxyl groups is 1. The quantitative estimate of drug-likeness (QED) is 0.375. The van der Waals surface area contributed by atoms with Crippen LogP contribution in [0.25, 0.3) is 0 Å². The van der Waals surface area contributed by atoms with Crippen molar-refractivity contribution in [3.63, 3.8) is 0 Å². The van der Waals surface area contributed by atoms with Crippen LogP contribution < -0.4 is 0 Å². The van der Waals surface area contributed by atoms with E-state index in [-0.39, 0.29) is 11.6 Å². The zero-order valence-corrected chi connectivity index (χ0v) is 9.71. The third kappa shape index (κ3) is 3.16. The van der Waals surface area contributed by atoms with E-state index in [1.807, 2.05) is 6.92 Å². The standard InChI is InChI=1S/C10H11NO4S/c1-3-15-10(14)8(13)4-7(12)9-11-5-6(2)16-9/h4-5,13H,3H2,1-2H3. The molecule has 0 bridgehead atoms. The molecule has 16 heavy (non-hydrogen) atoms. The van der Waals surface area contributed by atoms with Gasteiger partial charge in [-0.3, -0.25) is 4.79 Å². The minimum absolute atomic E-state index is 0.140. The maximum absolute atomic E-state index is 11.5. The summed E-state index contributed by atoms with van der Waals surface area (Å²) in [7, 11) is 0. The van der Waals surface area contributed by atoms with Gasteiger partial charge in [0.05, 0.1) is 6.61 Å². The number of aryl methyl sites for hydroxylation is 1. The van der Waals surface area contributed by atoms with Crippen molar-refractivity contribution in [2.24, 2.45) is 0 Å². The fourth-order valence-electron chi connectivity index (χ4n) is 0.919. The second kappa shape index (κ2) is 5.41. The Morgan fingerprint density at radius 2 is 2.31 bits per heavy atom. The Kier molecular flexibility index (Phi) is 4.19. The van der Waals surface area contributed by atoms with Crippen LogP contribution in [0.1, 0.15) is 21.6 Å². The number of hydrogen-bond donors (Lipinski definition) is 1. The van der Waals surface area contributed by atoms with Gasteiger partial charge < -0.3 is 9.84 Å². The summed E-state index contributed by atoms with van der Waals surface area (Å²) in [5.41, 5.74) is 0. The lowest BCUT2D eigenvalue weighted by Gasteiger charge is -1.98. The average Bonchev–Trinajstić information content (AvgIpc) is 2.65. The number of ketones is 1. The van der Waals surface area contributed by atoms with Crippen LogP contribution in [0.4, 0.5) is 0 Å². The van der Waals surface area contributed by atoms with Gasteiger partial charge in [-0.2, -0.15) is 0 Å². The first-order chi connectivity index (χ1) is 7.54. The van der Waals surface area contributed by atoms with E-state index in [9.17, 15) is 14.7 Å². The molecule has 6 heteroatoms. The highest BCUT2D eigenvalue weighted by Gasteiger charge is 2.13. The largest absolute Gasteiger partial charge is 0.502 e. The van der Waals surface area contributed by atoms with Crippen LogP contribution in [0.3, 0.4) is 0 Å². The van der Waals surface area contributed by atoms with Crippen molar-refractivity contribution >= 4 is 23.1 Å². The normalized spacial score (nSPS) is 11.2. The molecule has 5 nitrogen and oxygen atoms in total. The Morgan fingerprint density at radius 1 is 1.62 bits per heavy atom. The molecule has 86 valence electrons. The Balaban J connectivity index is 2.76. The number of aromatic nitrogens is 1. The number of rotatable bonds is 4. The number of aliphatic hydroxyl groups excluding tert-OH is 1. The summed E-state index contributed by atoms with van der Waals surface area (Å²) in [5.74, 6) is -2.13. The summed E-state index contributed by atoms with van der Waals surface area (Å²) in [6.07, 6.45) is 2.36. The summed E-state index contributed by atoms with van der Waals surface area (Å²) in [5, 5.41) is 9.46. The fourth-order valence-corrected chi connectivity index (χ4v) is 1.59. The van der Waals surface area contributed by atoms with Gasteiger partial charge in [0, 0.05) is 17.2 Å². The second-order valence-electron chi connectivity index (χ2n) is 2.89. The number of ether oxygens (including phenoxy) is 1. The van der Waals surface area contributed by atoms with E-state index in [1.165, 1.54) is 11.3 Å². The summed E-state index contributed by atoms with van der Waals surface area (Å²) < 4.78 is 4.52. The molecule has 0 amide bonds. The molecular formula is C10H11NO4S. The van der Waals surface area contributed by atoms with E-state index >= 15 is 0 Å². The number of esters is 1. The predicted molar refractivity (Wildman–Crippen MR) is 58.5 cm³/mol. The average molecular weight is 241 g/mol. The van der Waals surface area contributed by atoms with E-state index < -0.39 is 17.5 Å². The molecule has 1 N–H and O–H groups in total. The molecule has 0 aliphatic rings. The van der Waals surface area contributed by atoms with Gasteiger partial charge in [0.2, 0.25) is 11.5 Å². The molecule has 1 aromatic rings. The Morgan fingerprint density at radius 3 is 2.81 bits per heavy atom.